The molecule has 1 fully saturated rings. The van der Waals surface area contributed by atoms with Crippen LogP contribution in [0.5, 0.6) is 0 Å². The van der Waals surface area contributed by atoms with Gasteiger partial charge in [-0.2, -0.15) is 0 Å². The Hall–Kier alpha value is -0.0400. The van der Waals surface area contributed by atoms with E-state index in [0.29, 0.717) is 5.41 Å². The van der Waals surface area contributed by atoms with Crippen molar-refractivity contribution in [1.82, 2.24) is 4.90 Å². The lowest BCUT2D eigenvalue weighted by atomic mass is 9.75. The van der Waals surface area contributed by atoms with E-state index in [-0.39, 0.29) is 0 Å². The van der Waals surface area contributed by atoms with Crippen LogP contribution < -0.4 is 0 Å². The van der Waals surface area contributed by atoms with Gasteiger partial charge in [-0.05, 0) is 44.7 Å². The summed E-state index contributed by atoms with van der Waals surface area (Å²) in [6.45, 7) is 10.8. The van der Waals surface area contributed by atoms with E-state index >= 15 is 0 Å². The highest BCUT2D eigenvalue weighted by Gasteiger charge is 2.31. The Labute approximate surface area is 77.1 Å². The number of nitrogens with zero attached hydrogens (tertiary/aromatic N) is 1. The highest BCUT2D eigenvalue weighted by atomic mass is 15.1. The van der Waals surface area contributed by atoms with Gasteiger partial charge in [0.2, 0.25) is 0 Å². The van der Waals surface area contributed by atoms with Gasteiger partial charge < -0.3 is 4.90 Å². The van der Waals surface area contributed by atoms with E-state index in [2.05, 4.69) is 39.6 Å². The average molecular weight is 169 g/mol. The van der Waals surface area contributed by atoms with Crippen molar-refractivity contribution in [3.63, 3.8) is 0 Å². The molecule has 1 aliphatic heterocycles. The van der Waals surface area contributed by atoms with E-state index in [0.717, 1.165) is 12.0 Å². The molecular formula is C11H23N. The maximum atomic E-state index is 2.49. The first-order valence-corrected chi connectivity index (χ1v) is 5.14. The second kappa shape index (κ2) is 3.37. The first-order valence-electron chi connectivity index (χ1n) is 5.14. The molecule has 0 N–H and O–H groups in total. The lowest BCUT2D eigenvalue weighted by Gasteiger charge is -2.31. The molecule has 0 saturated carbocycles. The summed E-state index contributed by atoms with van der Waals surface area (Å²) in [6, 6.07) is 0.755. The normalized spacial score (nSPS) is 37.8. The molecule has 0 aromatic rings. The zero-order chi connectivity index (χ0) is 9.35. The van der Waals surface area contributed by atoms with Crippen molar-refractivity contribution in [3.8, 4) is 0 Å². The van der Waals surface area contributed by atoms with Gasteiger partial charge in [-0.15, -0.1) is 0 Å². The highest BCUT2D eigenvalue weighted by molar-refractivity contribution is 4.84. The van der Waals surface area contributed by atoms with E-state index in [1.807, 2.05) is 0 Å². The number of hydrogen-bond donors (Lipinski definition) is 0. The van der Waals surface area contributed by atoms with Crippen LogP contribution in [0.3, 0.4) is 0 Å². The summed E-state index contributed by atoms with van der Waals surface area (Å²) in [5.74, 6) is 0.866. The Bertz CT molecular complexity index is 151. The summed E-state index contributed by atoms with van der Waals surface area (Å²) >= 11 is 0. The molecule has 1 rings (SSSR count). The Morgan fingerprint density at radius 1 is 1.25 bits per heavy atom. The van der Waals surface area contributed by atoms with Crippen LogP contribution in [0, 0.1) is 11.3 Å². The maximum Gasteiger partial charge on any atom is 0.00690 e. The SMILES string of the molecule is CC1CC(C)(C)C(C)CCN1C. The van der Waals surface area contributed by atoms with Crippen molar-refractivity contribution < 1.29 is 0 Å². The molecule has 0 aromatic heterocycles. The van der Waals surface area contributed by atoms with Crippen LogP contribution in [0.1, 0.15) is 40.5 Å². The second-order valence-electron chi connectivity index (χ2n) is 5.21. The Morgan fingerprint density at radius 3 is 2.42 bits per heavy atom. The molecule has 12 heavy (non-hydrogen) atoms. The van der Waals surface area contributed by atoms with Crippen molar-refractivity contribution in [2.24, 2.45) is 11.3 Å². The third-order valence-corrected chi connectivity index (χ3v) is 3.82. The summed E-state index contributed by atoms with van der Waals surface area (Å²) in [7, 11) is 2.25. The van der Waals surface area contributed by atoms with Crippen LogP contribution in [0.4, 0.5) is 0 Å². The highest BCUT2D eigenvalue weighted by Crippen LogP contribution is 2.37. The van der Waals surface area contributed by atoms with Gasteiger partial charge in [0.15, 0.2) is 0 Å². The Morgan fingerprint density at radius 2 is 1.83 bits per heavy atom. The van der Waals surface area contributed by atoms with E-state index in [9.17, 15) is 0 Å². The standard InChI is InChI=1S/C11H23N/c1-9-6-7-12(5)10(2)8-11(9,3)4/h9-10H,6-8H2,1-5H3. The molecule has 0 amide bonds. The molecule has 0 aromatic carbocycles. The molecule has 72 valence electrons. The Kier molecular flexibility index (Phi) is 2.82. The van der Waals surface area contributed by atoms with Crippen molar-refractivity contribution >= 4 is 0 Å². The van der Waals surface area contributed by atoms with Gasteiger partial charge >= 0.3 is 0 Å². The van der Waals surface area contributed by atoms with E-state index in [1.54, 1.807) is 0 Å². The van der Waals surface area contributed by atoms with E-state index in [4.69, 9.17) is 0 Å². The van der Waals surface area contributed by atoms with Gasteiger partial charge in [0.05, 0.1) is 0 Å². The molecule has 0 bridgehead atoms. The topological polar surface area (TPSA) is 3.24 Å². The first-order chi connectivity index (χ1) is 5.43. The monoisotopic (exact) mass is 169 g/mol. The zero-order valence-electron chi connectivity index (χ0n) is 9.22. The van der Waals surface area contributed by atoms with Crippen LogP contribution in [0.15, 0.2) is 0 Å². The minimum atomic E-state index is 0.532. The average Bonchev–Trinajstić information content (AvgIpc) is 2.03. The van der Waals surface area contributed by atoms with Gasteiger partial charge in [0.1, 0.15) is 0 Å². The second-order valence-corrected chi connectivity index (χ2v) is 5.21. The quantitative estimate of drug-likeness (QED) is 0.539. The third kappa shape index (κ3) is 2.01. The molecule has 0 aliphatic carbocycles. The van der Waals surface area contributed by atoms with Crippen LogP contribution in [0.25, 0.3) is 0 Å². The molecule has 2 unspecified atom stereocenters. The number of likely N-dealkylation sites (tertiary alicyclic amines) is 1. The fraction of sp³-hybridized carbons (Fsp3) is 1.00. The summed E-state index contributed by atoms with van der Waals surface area (Å²) in [4.78, 5) is 2.49. The van der Waals surface area contributed by atoms with Crippen LogP contribution in [-0.4, -0.2) is 24.5 Å². The first kappa shape index (κ1) is 10.0. The van der Waals surface area contributed by atoms with Gasteiger partial charge in [-0.25, -0.2) is 0 Å². The van der Waals surface area contributed by atoms with Gasteiger partial charge in [-0.1, -0.05) is 20.8 Å². The summed E-state index contributed by atoms with van der Waals surface area (Å²) < 4.78 is 0. The van der Waals surface area contributed by atoms with Crippen molar-refractivity contribution in [2.45, 2.75) is 46.6 Å². The third-order valence-electron chi connectivity index (χ3n) is 3.82. The minimum absolute atomic E-state index is 0.532. The van der Waals surface area contributed by atoms with Crippen LogP contribution in [-0.2, 0) is 0 Å². The Balaban J connectivity index is 2.68. The van der Waals surface area contributed by atoms with Crippen molar-refractivity contribution in [1.29, 1.82) is 0 Å². The molecule has 1 nitrogen and oxygen atoms in total. The summed E-state index contributed by atoms with van der Waals surface area (Å²) in [5.41, 5.74) is 0.532. The molecule has 1 saturated heterocycles. The van der Waals surface area contributed by atoms with Gasteiger partial charge in [0.25, 0.3) is 0 Å². The lowest BCUT2D eigenvalue weighted by molar-refractivity contribution is 0.190. The van der Waals surface area contributed by atoms with Crippen LogP contribution in [0.2, 0.25) is 0 Å². The van der Waals surface area contributed by atoms with E-state index in [1.165, 1.54) is 19.4 Å². The van der Waals surface area contributed by atoms with E-state index < -0.39 is 0 Å². The molecule has 0 spiro atoms. The molecule has 1 heterocycles. The minimum Gasteiger partial charge on any atom is -0.304 e. The lowest BCUT2D eigenvalue weighted by Crippen LogP contribution is -2.30. The summed E-state index contributed by atoms with van der Waals surface area (Å²) in [6.07, 6.45) is 2.69. The largest absolute Gasteiger partial charge is 0.304 e. The molecular weight excluding hydrogens is 146 g/mol. The maximum absolute atomic E-state index is 2.49. The number of rotatable bonds is 0. The number of hydrogen-bond acceptors (Lipinski definition) is 1. The molecule has 2 atom stereocenters. The predicted molar refractivity (Wildman–Crippen MR) is 54.3 cm³/mol. The zero-order valence-corrected chi connectivity index (χ0v) is 9.22. The molecule has 1 aliphatic rings. The van der Waals surface area contributed by atoms with Gasteiger partial charge in [-0.3, -0.25) is 0 Å². The van der Waals surface area contributed by atoms with Crippen molar-refractivity contribution in [3.05, 3.63) is 0 Å². The fourth-order valence-electron chi connectivity index (χ4n) is 2.13. The summed E-state index contributed by atoms with van der Waals surface area (Å²) in [5, 5.41) is 0. The van der Waals surface area contributed by atoms with Gasteiger partial charge in [0, 0.05) is 6.04 Å². The van der Waals surface area contributed by atoms with Crippen LogP contribution >= 0.6 is 0 Å². The molecule has 0 radical (unpaired) electrons. The van der Waals surface area contributed by atoms with Crippen molar-refractivity contribution in [2.75, 3.05) is 13.6 Å². The smallest absolute Gasteiger partial charge is 0.00690 e. The predicted octanol–water partition coefficient (Wildman–Crippen LogP) is 2.76. The molecule has 1 heteroatoms. The fourth-order valence-corrected chi connectivity index (χ4v) is 2.13.